The number of hydrogen-bond acceptors (Lipinski definition) is 4. The number of H-pyrrole nitrogens is 1. The highest BCUT2D eigenvalue weighted by Gasteiger charge is 2.24. The summed E-state index contributed by atoms with van der Waals surface area (Å²) in [5.41, 5.74) is 7.61. The van der Waals surface area contributed by atoms with Gasteiger partial charge in [-0.2, -0.15) is 5.10 Å². The van der Waals surface area contributed by atoms with E-state index < -0.39 is 0 Å². The summed E-state index contributed by atoms with van der Waals surface area (Å²) in [7, 11) is 0. The summed E-state index contributed by atoms with van der Waals surface area (Å²) < 4.78 is 5.21. The molecule has 0 spiro atoms. The van der Waals surface area contributed by atoms with Gasteiger partial charge in [0.15, 0.2) is 5.69 Å². The van der Waals surface area contributed by atoms with Gasteiger partial charge in [-0.3, -0.25) is 9.89 Å². The van der Waals surface area contributed by atoms with E-state index in [1.165, 1.54) is 0 Å². The molecule has 6 nitrogen and oxygen atoms in total. The number of rotatable bonds is 3. The van der Waals surface area contributed by atoms with Crippen molar-refractivity contribution in [2.45, 2.75) is 19.8 Å². The first kappa shape index (κ1) is 11.9. The lowest BCUT2D eigenvalue weighted by Gasteiger charge is -2.26. The van der Waals surface area contributed by atoms with Crippen LogP contribution in [-0.2, 0) is 11.2 Å². The highest BCUT2D eigenvalue weighted by Crippen LogP contribution is 2.17. The van der Waals surface area contributed by atoms with Gasteiger partial charge >= 0.3 is 0 Å². The number of aromatic amines is 1. The average Bonchev–Trinajstić information content (AvgIpc) is 2.72. The summed E-state index contributed by atoms with van der Waals surface area (Å²) in [6.07, 6.45) is 1.78. The van der Waals surface area contributed by atoms with E-state index in [4.69, 9.17) is 10.5 Å². The molecule has 2 rings (SSSR count). The van der Waals surface area contributed by atoms with E-state index in [9.17, 15) is 4.79 Å². The van der Waals surface area contributed by atoms with Crippen LogP contribution in [0.15, 0.2) is 0 Å². The van der Waals surface area contributed by atoms with E-state index >= 15 is 0 Å². The molecule has 1 aliphatic rings. The molecule has 1 fully saturated rings. The first-order valence-electron chi connectivity index (χ1n) is 5.93. The zero-order chi connectivity index (χ0) is 12.3. The van der Waals surface area contributed by atoms with E-state index in [-0.39, 0.29) is 5.91 Å². The van der Waals surface area contributed by atoms with Crippen molar-refractivity contribution in [3.63, 3.8) is 0 Å². The maximum atomic E-state index is 12.1. The fraction of sp³-hybridized carbons (Fsp3) is 0.636. The monoisotopic (exact) mass is 238 g/mol. The molecule has 6 heteroatoms. The summed E-state index contributed by atoms with van der Waals surface area (Å²) in [6, 6.07) is 0. The molecule has 0 saturated carbocycles. The highest BCUT2D eigenvalue weighted by molar-refractivity contribution is 5.97. The second kappa shape index (κ2) is 5.18. The topological polar surface area (TPSA) is 84.2 Å². The zero-order valence-corrected chi connectivity index (χ0v) is 10.0. The molecule has 94 valence electrons. The van der Waals surface area contributed by atoms with Gasteiger partial charge in [0, 0.05) is 13.1 Å². The lowest BCUT2D eigenvalue weighted by Crippen LogP contribution is -2.41. The molecule has 1 aliphatic heterocycles. The predicted octanol–water partition coefficient (Wildman–Crippen LogP) is 0.417. The fourth-order valence-electron chi connectivity index (χ4n) is 1.91. The van der Waals surface area contributed by atoms with E-state index in [1.807, 2.05) is 0 Å². The van der Waals surface area contributed by atoms with E-state index in [0.717, 1.165) is 18.5 Å². The van der Waals surface area contributed by atoms with Gasteiger partial charge < -0.3 is 15.4 Å². The Balaban J connectivity index is 2.13. The third-order valence-corrected chi connectivity index (χ3v) is 2.88. The molecule has 1 aromatic rings. The number of aryl methyl sites for hydroxylation is 1. The van der Waals surface area contributed by atoms with Gasteiger partial charge in [-0.1, -0.05) is 13.3 Å². The number of ether oxygens (including phenoxy) is 1. The molecule has 17 heavy (non-hydrogen) atoms. The van der Waals surface area contributed by atoms with Crippen LogP contribution in [0.4, 0.5) is 5.69 Å². The van der Waals surface area contributed by atoms with Crippen molar-refractivity contribution in [1.82, 2.24) is 15.1 Å². The van der Waals surface area contributed by atoms with Crippen molar-refractivity contribution in [3.8, 4) is 0 Å². The standard InChI is InChI=1S/C11H18N4O2/c1-2-3-8-9(12)10(14-13-8)11(16)15-4-6-17-7-5-15/h2-7,12H2,1H3,(H,13,14). The van der Waals surface area contributed by atoms with Crippen LogP contribution in [0.5, 0.6) is 0 Å². The molecular formula is C11H18N4O2. The molecule has 0 bridgehead atoms. The number of carbonyl (C=O) groups excluding carboxylic acids is 1. The molecule has 3 N–H and O–H groups in total. The zero-order valence-electron chi connectivity index (χ0n) is 10.0. The van der Waals surface area contributed by atoms with Gasteiger partial charge in [-0.25, -0.2) is 0 Å². The normalized spacial score (nSPS) is 16.2. The number of hydrogen-bond donors (Lipinski definition) is 2. The number of anilines is 1. The van der Waals surface area contributed by atoms with Crippen molar-refractivity contribution in [1.29, 1.82) is 0 Å². The lowest BCUT2D eigenvalue weighted by molar-refractivity contribution is 0.0299. The summed E-state index contributed by atoms with van der Waals surface area (Å²) in [6.45, 7) is 4.43. The molecule has 1 saturated heterocycles. The minimum atomic E-state index is -0.107. The van der Waals surface area contributed by atoms with Crippen LogP contribution in [0, 0.1) is 0 Å². The second-order valence-corrected chi connectivity index (χ2v) is 4.12. The SMILES string of the molecule is CCCc1[nH]nc(C(=O)N2CCOCC2)c1N. The van der Waals surface area contributed by atoms with E-state index in [1.54, 1.807) is 4.90 Å². The quantitative estimate of drug-likeness (QED) is 0.799. The number of morpholine rings is 1. The molecule has 0 aromatic carbocycles. The Hall–Kier alpha value is -1.56. The molecule has 0 radical (unpaired) electrons. The van der Waals surface area contributed by atoms with Gasteiger partial charge in [-0.05, 0) is 6.42 Å². The summed E-state index contributed by atoms with van der Waals surface area (Å²) >= 11 is 0. The van der Waals surface area contributed by atoms with Crippen LogP contribution in [0.25, 0.3) is 0 Å². The van der Waals surface area contributed by atoms with Gasteiger partial charge in [0.2, 0.25) is 0 Å². The van der Waals surface area contributed by atoms with Crippen LogP contribution in [0.1, 0.15) is 29.5 Å². The molecule has 1 aromatic heterocycles. The number of nitrogens with zero attached hydrogens (tertiary/aromatic N) is 2. The Labute approximate surface area is 100 Å². The molecule has 0 unspecified atom stereocenters. The van der Waals surface area contributed by atoms with Crippen LogP contribution in [0.3, 0.4) is 0 Å². The fourth-order valence-corrected chi connectivity index (χ4v) is 1.91. The first-order valence-corrected chi connectivity index (χ1v) is 5.93. The van der Waals surface area contributed by atoms with Crippen molar-refractivity contribution in [2.24, 2.45) is 0 Å². The van der Waals surface area contributed by atoms with Crippen molar-refractivity contribution < 1.29 is 9.53 Å². The first-order chi connectivity index (χ1) is 8.24. The smallest absolute Gasteiger partial charge is 0.276 e. The summed E-state index contributed by atoms with van der Waals surface area (Å²) in [4.78, 5) is 13.9. The number of nitrogen functional groups attached to an aromatic ring is 1. The minimum absolute atomic E-state index is 0.107. The van der Waals surface area contributed by atoms with Crippen LogP contribution in [-0.4, -0.2) is 47.3 Å². The Bertz CT molecular complexity index is 396. The second-order valence-electron chi connectivity index (χ2n) is 4.12. The highest BCUT2D eigenvalue weighted by atomic mass is 16.5. The van der Waals surface area contributed by atoms with Gasteiger partial charge in [0.1, 0.15) is 0 Å². The number of carbonyl (C=O) groups is 1. The maximum Gasteiger partial charge on any atom is 0.276 e. The van der Waals surface area contributed by atoms with Gasteiger partial charge in [0.25, 0.3) is 5.91 Å². The van der Waals surface area contributed by atoms with Crippen LogP contribution in [0.2, 0.25) is 0 Å². The molecule has 0 aliphatic carbocycles. The maximum absolute atomic E-state index is 12.1. The lowest BCUT2D eigenvalue weighted by atomic mass is 10.2. The van der Waals surface area contributed by atoms with Gasteiger partial charge in [-0.15, -0.1) is 0 Å². The predicted molar refractivity (Wildman–Crippen MR) is 63.7 cm³/mol. The van der Waals surface area contributed by atoms with Crippen LogP contribution >= 0.6 is 0 Å². The molecule has 2 heterocycles. The molecule has 0 atom stereocenters. The molecular weight excluding hydrogens is 220 g/mol. The van der Waals surface area contributed by atoms with Crippen molar-refractivity contribution in [2.75, 3.05) is 32.0 Å². The number of nitrogens with two attached hydrogens (primary N) is 1. The third-order valence-electron chi connectivity index (χ3n) is 2.88. The number of nitrogens with one attached hydrogen (secondary N) is 1. The number of aromatic nitrogens is 2. The van der Waals surface area contributed by atoms with Gasteiger partial charge in [0.05, 0.1) is 24.6 Å². The minimum Gasteiger partial charge on any atom is -0.395 e. The number of amides is 1. The molecule has 1 amide bonds. The Morgan fingerprint density at radius 2 is 2.24 bits per heavy atom. The third kappa shape index (κ3) is 2.41. The summed E-state index contributed by atoms with van der Waals surface area (Å²) in [5, 5.41) is 6.87. The Morgan fingerprint density at radius 3 is 2.88 bits per heavy atom. The Kier molecular flexibility index (Phi) is 3.63. The van der Waals surface area contributed by atoms with E-state index in [2.05, 4.69) is 17.1 Å². The Morgan fingerprint density at radius 1 is 1.53 bits per heavy atom. The summed E-state index contributed by atoms with van der Waals surface area (Å²) in [5.74, 6) is -0.107. The van der Waals surface area contributed by atoms with E-state index in [0.29, 0.717) is 37.7 Å². The largest absolute Gasteiger partial charge is 0.395 e. The van der Waals surface area contributed by atoms with Crippen molar-refractivity contribution in [3.05, 3.63) is 11.4 Å². The van der Waals surface area contributed by atoms with Crippen molar-refractivity contribution >= 4 is 11.6 Å². The van der Waals surface area contributed by atoms with Crippen LogP contribution < -0.4 is 5.73 Å². The average molecular weight is 238 g/mol.